The molecule has 2 aliphatic rings. The van der Waals surface area contributed by atoms with Crippen molar-refractivity contribution in [3.8, 4) is 0 Å². The number of benzene rings is 1. The largest absolute Gasteiger partial charge is 0.467 e. The van der Waals surface area contributed by atoms with Crippen LogP contribution in [-0.4, -0.2) is 54.7 Å². The Morgan fingerprint density at radius 1 is 1.25 bits per heavy atom. The first-order valence-corrected chi connectivity index (χ1v) is 7.84. The highest BCUT2D eigenvalue weighted by Gasteiger charge is 2.56. The summed E-state index contributed by atoms with van der Waals surface area (Å²) in [6.45, 7) is 3.74. The number of hydrogen-bond donors (Lipinski definition) is 1. The molecule has 1 N–H and O–H groups in total. The van der Waals surface area contributed by atoms with Gasteiger partial charge in [-0.1, -0.05) is 30.3 Å². The average molecular weight is 338 g/mol. The Morgan fingerprint density at radius 2 is 1.96 bits per heavy atom. The van der Waals surface area contributed by atoms with Gasteiger partial charge in [-0.2, -0.15) is 0 Å². The second kappa shape index (κ2) is 6.78. The lowest BCUT2D eigenvalue weighted by molar-refractivity contribution is -0.260. The van der Waals surface area contributed by atoms with E-state index in [2.05, 4.69) is 0 Å². The summed E-state index contributed by atoms with van der Waals surface area (Å²) in [6.07, 6.45) is -4.64. The van der Waals surface area contributed by atoms with E-state index in [1.165, 1.54) is 7.11 Å². The highest BCUT2D eigenvalue weighted by atomic mass is 16.8. The zero-order valence-corrected chi connectivity index (χ0v) is 13.9. The zero-order valence-electron chi connectivity index (χ0n) is 13.9. The number of aliphatic hydroxyl groups is 1. The molecule has 0 radical (unpaired) electrons. The molecule has 7 nitrogen and oxygen atoms in total. The third-order valence-electron chi connectivity index (χ3n) is 4.06. The molecule has 7 heteroatoms. The minimum absolute atomic E-state index is 0.267. The van der Waals surface area contributed by atoms with Gasteiger partial charge >= 0.3 is 5.97 Å². The molecule has 2 fully saturated rings. The van der Waals surface area contributed by atoms with Crippen LogP contribution in [0.3, 0.4) is 0 Å². The van der Waals surface area contributed by atoms with Crippen molar-refractivity contribution >= 4 is 5.97 Å². The summed E-state index contributed by atoms with van der Waals surface area (Å²) in [4.78, 5) is 11.9. The summed E-state index contributed by atoms with van der Waals surface area (Å²) < 4.78 is 27.6. The van der Waals surface area contributed by atoms with Crippen LogP contribution < -0.4 is 0 Å². The molecule has 0 aliphatic carbocycles. The molecule has 132 valence electrons. The molecule has 1 aromatic rings. The summed E-state index contributed by atoms with van der Waals surface area (Å²) in [7, 11) is 1.24. The van der Waals surface area contributed by atoms with Gasteiger partial charge in [0.15, 0.2) is 18.2 Å². The predicted molar refractivity (Wildman–Crippen MR) is 81.7 cm³/mol. The molecule has 3 rings (SSSR count). The van der Waals surface area contributed by atoms with E-state index in [1.807, 2.05) is 30.3 Å². The van der Waals surface area contributed by atoms with Gasteiger partial charge in [-0.05, 0) is 19.4 Å². The van der Waals surface area contributed by atoms with Crippen molar-refractivity contribution in [3.63, 3.8) is 0 Å². The van der Waals surface area contributed by atoms with Gasteiger partial charge in [0.05, 0.1) is 13.7 Å². The Kier molecular flexibility index (Phi) is 4.89. The SMILES string of the molecule is COC(=O)C1O[C@H]2OC(C)(C)OC2[C@H](OCc2ccccc2)[C@@H]1O. The van der Waals surface area contributed by atoms with E-state index in [9.17, 15) is 9.90 Å². The number of fused-ring (bicyclic) bond motifs is 1. The van der Waals surface area contributed by atoms with Crippen LogP contribution in [0, 0.1) is 0 Å². The number of rotatable bonds is 4. The summed E-state index contributed by atoms with van der Waals surface area (Å²) in [6, 6.07) is 9.54. The van der Waals surface area contributed by atoms with E-state index in [-0.39, 0.29) is 6.61 Å². The van der Waals surface area contributed by atoms with Crippen molar-refractivity contribution < 1.29 is 33.6 Å². The Bertz CT molecular complexity index is 574. The first kappa shape index (κ1) is 17.3. The van der Waals surface area contributed by atoms with Gasteiger partial charge in [0, 0.05) is 0 Å². The normalized spacial score (nSPS) is 34.6. The van der Waals surface area contributed by atoms with Crippen molar-refractivity contribution in [1.29, 1.82) is 0 Å². The van der Waals surface area contributed by atoms with E-state index in [0.717, 1.165) is 5.56 Å². The number of methoxy groups -OCH3 is 1. The second-order valence-corrected chi connectivity index (χ2v) is 6.30. The molecule has 2 aliphatic heterocycles. The minimum Gasteiger partial charge on any atom is -0.467 e. The van der Waals surface area contributed by atoms with Crippen LogP contribution in [-0.2, 0) is 35.1 Å². The fourth-order valence-corrected chi connectivity index (χ4v) is 2.95. The maximum absolute atomic E-state index is 11.9. The lowest BCUT2D eigenvalue weighted by Gasteiger charge is -2.38. The maximum Gasteiger partial charge on any atom is 0.337 e. The molecule has 5 atom stereocenters. The van der Waals surface area contributed by atoms with E-state index < -0.39 is 42.5 Å². The maximum atomic E-state index is 11.9. The number of ether oxygens (including phenoxy) is 5. The van der Waals surface area contributed by atoms with E-state index >= 15 is 0 Å². The second-order valence-electron chi connectivity index (χ2n) is 6.30. The van der Waals surface area contributed by atoms with Crippen LogP contribution in [0.1, 0.15) is 19.4 Å². The predicted octanol–water partition coefficient (Wildman–Crippen LogP) is 0.982. The molecule has 2 saturated heterocycles. The third-order valence-corrected chi connectivity index (χ3v) is 4.06. The standard InChI is InChI=1S/C17H22O7/c1-17(2)23-14-12(21-9-10-7-5-4-6-8-10)11(18)13(15(19)20-3)22-16(14)24-17/h4-8,11-14,16,18H,9H2,1-3H3/t11-,12+,13?,14?,16-/m0/s1. The van der Waals surface area contributed by atoms with Crippen LogP contribution in [0.4, 0.5) is 0 Å². The van der Waals surface area contributed by atoms with Gasteiger partial charge in [0.25, 0.3) is 0 Å². The van der Waals surface area contributed by atoms with Crippen molar-refractivity contribution in [3.05, 3.63) is 35.9 Å². The minimum atomic E-state index is -1.22. The topological polar surface area (TPSA) is 83.5 Å². The van der Waals surface area contributed by atoms with Crippen LogP contribution in [0.5, 0.6) is 0 Å². The zero-order chi connectivity index (χ0) is 17.3. The molecule has 0 bridgehead atoms. The van der Waals surface area contributed by atoms with Gasteiger partial charge in [-0.3, -0.25) is 0 Å². The quantitative estimate of drug-likeness (QED) is 0.819. The van der Waals surface area contributed by atoms with Crippen LogP contribution in [0.25, 0.3) is 0 Å². The summed E-state index contributed by atoms with van der Waals surface area (Å²) >= 11 is 0. The smallest absolute Gasteiger partial charge is 0.337 e. The number of carbonyl (C=O) groups excluding carboxylic acids is 1. The van der Waals surface area contributed by atoms with Gasteiger partial charge in [-0.25, -0.2) is 4.79 Å². The highest BCUT2D eigenvalue weighted by Crippen LogP contribution is 2.38. The lowest BCUT2D eigenvalue weighted by Crippen LogP contribution is -2.59. The van der Waals surface area contributed by atoms with Crippen LogP contribution >= 0.6 is 0 Å². The van der Waals surface area contributed by atoms with E-state index in [0.29, 0.717) is 0 Å². The van der Waals surface area contributed by atoms with Gasteiger partial charge in [0.2, 0.25) is 0 Å². The lowest BCUT2D eigenvalue weighted by atomic mass is 9.98. The number of carbonyl (C=O) groups is 1. The van der Waals surface area contributed by atoms with Gasteiger partial charge < -0.3 is 28.8 Å². The Balaban J connectivity index is 1.78. The van der Waals surface area contributed by atoms with Crippen molar-refractivity contribution in [2.24, 2.45) is 0 Å². The van der Waals surface area contributed by atoms with Crippen LogP contribution in [0.2, 0.25) is 0 Å². The fraction of sp³-hybridized carbons (Fsp3) is 0.588. The molecule has 0 saturated carbocycles. The van der Waals surface area contributed by atoms with Crippen molar-refractivity contribution in [2.45, 2.75) is 56.9 Å². The monoisotopic (exact) mass is 338 g/mol. The van der Waals surface area contributed by atoms with E-state index in [1.54, 1.807) is 13.8 Å². The Labute approximate surface area is 140 Å². The molecule has 1 aromatic carbocycles. The highest BCUT2D eigenvalue weighted by molar-refractivity contribution is 5.75. The summed E-state index contributed by atoms with van der Waals surface area (Å²) in [5.41, 5.74) is 0.945. The van der Waals surface area contributed by atoms with Crippen molar-refractivity contribution in [2.75, 3.05) is 7.11 Å². The molecule has 0 amide bonds. The Hall–Kier alpha value is -1.51. The molecule has 0 spiro atoms. The van der Waals surface area contributed by atoms with Gasteiger partial charge in [-0.15, -0.1) is 0 Å². The first-order valence-electron chi connectivity index (χ1n) is 7.84. The van der Waals surface area contributed by atoms with Gasteiger partial charge in [0.1, 0.15) is 18.3 Å². The number of aliphatic hydroxyl groups excluding tert-OH is 1. The molecule has 2 unspecified atom stereocenters. The average Bonchev–Trinajstić information content (AvgIpc) is 2.87. The number of esters is 1. The first-order chi connectivity index (χ1) is 11.4. The molecule has 0 aromatic heterocycles. The fourth-order valence-electron chi connectivity index (χ4n) is 2.95. The van der Waals surface area contributed by atoms with Crippen molar-refractivity contribution in [1.82, 2.24) is 0 Å². The molecule has 2 heterocycles. The summed E-state index contributed by atoms with van der Waals surface area (Å²) in [5, 5.41) is 10.5. The third kappa shape index (κ3) is 3.45. The molecular formula is C17H22O7. The van der Waals surface area contributed by atoms with E-state index in [4.69, 9.17) is 23.7 Å². The summed E-state index contributed by atoms with van der Waals surface area (Å²) in [5.74, 6) is -1.57. The van der Waals surface area contributed by atoms with Crippen LogP contribution in [0.15, 0.2) is 30.3 Å². The molecular weight excluding hydrogens is 316 g/mol. The Morgan fingerprint density at radius 3 is 2.62 bits per heavy atom. The molecule has 24 heavy (non-hydrogen) atoms. The number of hydrogen-bond acceptors (Lipinski definition) is 7.